The van der Waals surface area contributed by atoms with Gasteiger partial charge in [0.25, 0.3) is 5.91 Å². The van der Waals surface area contributed by atoms with E-state index in [2.05, 4.69) is 27.0 Å². The van der Waals surface area contributed by atoms with Gasteiger partial charge in [-0.25, -0.2) is 0 Å². The Hall–Kier alpha value is -1.82. The number of nitrogen functional groups attached to an aromatic ring is 1. The fraction of sp³-hybridized carbons (Fsp3) is 0.385. The number of rotatable bonds is 2. The molecule has 19 heavy (non-hydrogen) atoms. The van der Waals surface area contributed by atoms with Crippen molar-refractivity contribution in [3.63, 3.8) is 0 Å². The Morgan fingerprint density at radius 2 is 2.47 bits per heavy atom. The number of aryl methyl sites for hydroxylation is 2. The summed E-state index contributed by atoms with van der Waals surface area (Å²) in [6.07, 6.45) is 3.19. The van der Waals surface area contributed by atoms with E-state index in [4.69, 9.17) is 5.73 Å². The van der Waals surface area contributed by atoms with Gasteiger partial charge in [-0.2, -0.15) is 5.10 Å². The molecule has 1 amide bonds. The number of thiophene rings is 1. The van der Waals surface area contributed by atoms with Crippen LogP contribution in [0.15, 0.2) is 11.4 Å². The van der Waals surface area contributed by atoms with Gasteiger partial charge >= 0.3 is 0 Å². The maximum atomic E-state index is 12.2. The smallest absolute Gasteiger partial charge is 0.274 e. The van der Waals surface area contributed by atoms with E-state index >= 15 is 0 Å². The molecule has 5 nitrogen and oxygen atoms in total. The highest BCUT2D eigenvalue weighted by molar-refractivity contribution is 7.10. The molecule has 100 valence electrons. The molecule has 1 unspecified atom stereocenters. The van der Waals surface area contributed by atoms with Crippen LogP contribution >= 0.6 is 11.3 Å². The standard InChI is InChI=1S/C13H16N4OS/c1-7-11(14)12(17-16-7)13(18)15-9-3-2-4-10-8(9)5-6-19-10/h5-6,9H,2-4,14H2,1H3,(H,15,18)(H,16,17). The van der Waals surface area contributed by atoms with Crippen molar-refractivity contribution in [1.82, 2.24) is 15.5 Å². The van der Waals surface area contributed by atoms with Crippen molar-refractivity contribution in [3.05, 3.63) is 33.3 Å². The number of nitrogens with one attached hydrogen (secondary N) is 2. The maximum Gasteiger partial charge on any atom is 0.274 e. The minimum atomic E-state index is -0.203. The number of aromatic amines is 1. The Morgan fingerprint density at radius 1 is 1.63 bits per heavy atom. The second-order valence-corrected chi connectivity index (χ2v) is 5.83. The zero-order valence-corrected chi connectivity index (χ0v) is 11.5. The predicted molar refractivity (Wildman–Crippen MR) is 75.2 cm³/mol. The molecule has 0 radical (unpaired) electrons. The molecule has 0 aliphatic heterocycles. The number of H-pyrrole nitrogens is 1. The molecule has 0 aromatic carbocycles. The van der Waals surface area contributed by atoms with Gasteiger partial charge in [0.1, 0.15) is 0 Å². The number of amides is 1. The number of carbonyl (C=O) groups is 1. The van der Waals surface area contributed by atoms with Gasteiger partial charge in [0.05, 0.1) is 17.4 Å². The third-order valence-electron chi connectivity index (χ3n) is 3.57. The molecule has 2 aromatic rings. The fourth-order valence-corrected chi connectivity index (χ4v) is 3.46. The molecule has 1 aliphatic carbocycles. The molecule has 0 bridgehead atoms. The number of nitrogens with zero attached hydrogens (tertiary/aromatic N) is 1. The van der Waals surface area contributed by atoms with E-state index in [1.165, 1.54) is 10.4 Å². The highest BCUT2D eigenvalue weighted by Crippen LogP contribution is 2.33. The van der Waals surface area contributed by atoms with Gasteiger partial charge in [-0.05, 0) is 43.2 Å². The minimum absolute atomic E-state index is 0.0823. The van der Waals surface area contributed by atoms with Crippen LogP contribution in [-0.2, 0) is 6.42 Å². The Labute approximate surface area is 115 Å². The van der Waals surface area contributed by atoms with Gasteiger partial charge < -0.3 is 11.1 Å². The topological polar surface area (TPSA) is 83.8 Å². The Kier molecular flexibility index (Phi) is 3.02. The fourth-order valence-electron chi connectivity index (χ4n) is 2.47. The van der Waals surface area contributed by atoms with Crippen LogP contribution in [-0.4, -0.2) is 16.1 Å². The van der Waals surface area contributed by atoms with E-state index in [-0.39, 0.29) is 11.9 Å². The highest BCUT2D eigenvalue weighted by Gasteiger charge is 2.25. The van der Waals surface area contributed by atoms with Gasteiger partial charge in [0, 0.05) is 4.88 Å². The zero-order valence-electron chi connectivity index (χ0n) is 10.7. The van der Waals surface area contributed by atoms with Crippen LogP contribution in [0.3, 0.4) is 0 Å². The van der Waals surface area contributed by atoms with Crippen LogP contribution in [0.25, 0.3) is 0 Å². The minimum Gasteiger partial charge on any atom is -0.395 e. The van der Waals surface area contributed by atoms with E-state index in [0.29, 0.717) is 11.4 Å². The van der Waals surface area contributed by atoms with Crippen molar-refractivity contribution in [2.45, 2.75) is 32.2 Å². The van der Waals surface area contributed by atoms with Gasteiger partial charge in [0.2, 0.25) is 0 Å². The average molecular weight is 276 g/mol. The van der Waals surface area contributed by atoms with Gasteiger partial charge in [-0.1, -0.05) is 0 Å². The summed E-state index contributed by atoms with van der Waals surface area (Å²) < 4.78 is 0. The first-order valence-corrected chi connectivity index (χ1v) is 7.22. The van der Waals surface area contributed by atoms with E-state index in [1.807, 2.05) is 0 Å². The number of aromatic nitrogens is 2. The lowest BCUT2D eigenvalue weighted by Gasteiger charge is -2.23. The van der Waals surface area contributed by atoms with Crippen molar-refractivity contribution < 1.29 is 4.79 Å². The summed E-state index contributed by atoms with van der Waals surface area (Å²) in [4.78, 5) is 13.6. The van der Waals surface area contributed by atoms with Crippen molar-refractivity contribution in [1.29, 1.82) is 0 Å². The number of hydrogen-bond donors (Lipinski definition) is 3. The first-order chi connectivity index (χ1) is 9.16. The first kappa shape index (κ1) is 12.2. The Balaban J connectivity index is 1.80. The molecule has 2 heterocycles. The van der Waals surface area contributed by atoms with Crippen molar-refractivity contribution in [2.24, 2.45) is 0 Å². The lowest BCUT2D eigenvalue weighted by molar-refractivity contribution is 0.0928. The molecule has 0 fully saturated rings. The third-order valence-corrected chi connectivity index (χ3v) is 4.56. The summed E-state index contributed by atoms with van der Waals surface area (Å²) in [6.45, 7) is 1.80. The second kappa shape index (κ2) is 4.70. The highest BCUT2D eigenvalue weighted by atomic mass is 32.1. The quantitative estimate of drug-likeness (QED) is 0.786. The molecular formula is C13H16N4OS. The van der Waals surface area contributed by atoms with Crippen LogP contribution in [0.2, 0.25) is 0 Å². The van der Waals surface area contributed by atoms with E-state index in [9.17, 15) is 4.79 Å². The van der Waals surface area contributed by atoms with Gasteiger partial charge in [-0.15, -0.1) is 11.3 Å². The molecule has 0 spiro atoms. The summed E-state index contributed by atoms with van der Waals surface area (Å²) in [5.74, 6) is -0.203. The van der Waals surface area contributed by atoms with Crippen LogP contribution < -0.4 is 11.1 Å². The molecular weight excluding hydrogens is 260 g/mol. The van der Waals surface area contributed by atoms with Crippen LogP contribution in [0.4, 0.5) is 5.69 Å². The number of hydrogen-bond acceptors (Lipinski definition) is 4. The molecule has 2 aromatic heterocycles. The summed E-state index contributed by atoms with van der Waals surface area (Å²) >= 11 is 1.76. The van der Waals surface area contributed by atoms with Gasteiger partial charge in [0.15, 0.2) is 5.69 Å². The van der Waals surface area contributed by atoms with Crippen LogP contribution in [0, 0.1) is 6.92 Å². The predicted octanol–water partition coefficient (Wildman–Crippen LogP) is 2.17. The average Bonchev–Trinajstić information content (AvgIpc) is 2.98. The molecule has 6 heteroatoms. The summed E-state index contributed by atoms with van der Waals surface area (Å²) in [7, 11) is 0. The number of carbonyl (C=O) groups excluding carboxylic acids is 1. The van der Waals surface area contributed by atoms with Crippen molar-refractivity contribution in [2.75, 3.05) is 5.73 Å². The summed E-state index contributed by atoms with van der Waals surface area (Å²) in [6, 6.07) is 2.18. The first-order valence-electron chi connectivity index (χ1n) is 6.34. The molecule has 0 saturated heterocycles. The summed E-state index contributed by atoms with van der Waals surface area (Å²) in [5.41, 5.74) is 8.52. The molecule has 3 rings (SSSR count). The largest absolute Gasteiger partial charge is 0.395 e. The monoisotopic (exact) mass is 276 g/mol. The van der Waals surface area contributed by atoms with E-state index < -0.39 is 0 Å². The molecule has 4 N–H and O–H groups in total. The van der Waals surface area contributed by atoms with Crippen LogP contribution in [0.5, 0.6) is 0 Å². The molecule has 1 atom stereocenters. The summed E-state index contributed by atoms with van der Waals surface area (Å²) in [5, 5.41) is 11.8. The van der Waals surface area contributed by atoms with Crippen molar-refractivity contribution >= 4 is 22.9 Å². The Morgan fingerprint density at radius 3 is 3.21 bits per heavy atom. The van der Waals surface area contributed by atoms with Crippen LogP contribution in [0.1, 0.15) is 45.5 Å². The third kappa shape index (κ3) is 2.12. The lowest BCUT2D eigenvalue weighted by Crippen LogP contribution is -2.31. The normalized spacial score (nSPS) is 18.1. The molecule has 1 aliphatic rings. The van der Waals surface area contributed by atoms with E-state index in [0.717, 1.165) is 25.0 Å². The van der Waals surface area contributed by atoms with E-state index in [1.54, 1.807) is 18.3 Å². The number of anilines is 1. The van der Waals surface area contributed by atoms with Gasteiger partial charge in [-0.3, -0.25) is 9.89 Å². The Bertz CT molecular complexity index is 616. The zero-order chi connectivity index (χ0) is 13.4. The molecule has 0 saturated carbocycles. The number of fused-ring (bicyclic) bond motifs is 1. The second-order valence-electron chi connectivity index (χ2n) is 4.83. The maximum absolute atomic E-state index is 12.2. The number of nitrogens with two attached hydrogens (primary N) is 1. The lowest BCUT2D eigenvalue weighted by atomic mass is 9.94. The SMILES string of the molecule is Cc1[nH]nc(C(=O)NC2CCCc3sccc32)c1N. The van der Waals surface area contributed by atoms with Crippen molar-refractivity contribution in [3.8, 4) is 0 Å².